The zero-order chi connectivity index (χ0) is 14.7. The van der Waals surface area contributed by atoms with Gasteiger partial charge in [0, 0.05) is 10.5 Å². The molecule has 0 bridgehead atoms. The van der Waals surface area contributed by atoms with Crippen LogP contribution in [0.25, 0.3) is 0 Å². The Morgan fingerprint density at radius 3 is 2.10 bits per heavy atom. The van der Waals surface area contributed by atoms with Crippen molar-refractivity contribution in [2.45, 2.75) is 24.0 Å². The molecule has 0 spiro atoms. The summed E-state index contributed by atoms with van der Waals surface area (Å²) >= 11 is 1.83. The van der Waals surface area contributed by atoms with E-state index in [2.05, 4.69) is 53.7 Å². The smallest absolute Gasteiger partial charge is 0.138 e. The summed E-state index contributed by atoms with van der Waals surface area (Å²) in [5.41, 5.74) is 3.40. The van der Waals surface area contributed by atoms with Crippen LogP contribution in [0, 0.1) is 13.8 Å². The molecule has 2 nitrogen and oxygen atoms in total. The van der Waals surface area contributed by atoms with Gasteiger partial charge in [0.15, 0.2) is 0 Å². The van der Waals surface area contributed by atoms with Gasteiger partial charge in [0.2, 0.25) is 0 Å². The molecule has 1 atom stereocenters. The molecule has 0 aliphatic carbocycles. The van der Waals surface area contributed by atoms with Gasteiger partial charge in [-0.05, 0) is 31.5 Å². The van der Waals surface area contributed by atoms with E-state index >= 15 is 0 Å². The minimum atomic E-state index is 0.194. The van der Waals surface area contributed by atoms with Crippen LogP contribution < -0.4 is 0 Å². The van der Waals surface area contributed by atoms with Crippen molar-refractivity contribution in [3.8, 4) is 0 Å². The number of aromatic nitrogens is 1. The van der Waals surface area contributed by atoms with Crippen LogP contribution in [-0.4, -0.2) is 5.16 Å². The van der Waals surface area contributed by atoms with Crippen molar-refractivity contribution in [1.29, 1.82) is 0 Å². The topological polar surface area (TPSA) is 26.0 Å². The predicted octanol–water partition coefficient (Wildman–Crippen LogP) is 5.17. The lowest BCUT2D eigenvalue weighted by Gasteiger charge is -2.17. The van der Waals surface area contributed by atoms with Crippen LogP contribution in [-0.2, 0) is 0 Å². The van der Waals surface area contributed by atoms with Crippen molar-refractivity contribution in [1.82, 2.24) is 5.16 Å². The molecular weight excluding hydrogens is 278 g/mol. The Hall–Kier alpha value is -2.00. The van der Waals surface area contributed by atoms with Crippen molar-refractivity contribution < 1.29 is 4.52 Å². The standard InChI is InChI=1S/C18H17NOS/c1-13-17(14(2)20-19-13)18(15-9-5-3-6-10-15)21-16-11-7-4-8-12-16/h3-12,18H,1-2H3. The third-order valence-corrected chi connectivity index (χ3v) is 4.74. The van der Waals surface area contributed by atoms with Gasteiger partial charge in [-0.25, -0.2) is 0 Å². The number of nitrogens with zero attached hydrogens (tertiary/aromatic N) is 1. The van der Waals surface area contributed by atoms with Gasteiger partial charge in [-0.3, -0.25) is 0 Å². The van der Waals surface area contributed by atoms with Crippen LogP contribution in [0.15, 0.2) is 70.1 Å². The molecule has 0 saturated heterocycles. The zero-order valence-electron chi connectivity index (χ0n) is 12.1. The van der Waals surface area contributed by atoms with E-state index in [1.54, 1.807) is 0 Å². The molecule has 3 rings (SSSR count). The maximum atomic E-state index is 5.37. The van der Waals surface area contributed by atoms with Gasteiger partial charge >= 0.3 is 0 Å². The lowest BCUT2D eigenvalue weighted by molar-refractivity contribution is 0.392. The highest BCUT2D eigenvalue weighted by Crippen LogP contribution is 2.42. The molecule has 106 valence electrons. The Bertz CT molecular complexity index is 687. The summed E-state index contributed by atoms with van der Waals surface area (Å²) in [6.07, 6.45) is 0. The van der Waals surface area contributed by atoms with E-state index in [0.717, 1.165) is 11.5 Å². The van der Waals surface area contributed by atoms with Crippen LogP contribution in [0.3, 0.4) is 0 Å². The van der Waals surface area contributed by atoms with Crippen LogP contribution in [0.4, 0.5) is 0 Å². The molecule has 1 unspecified atom stereocenters. The molecule has 0 N–H and O–H groups in total. The van der Waals surface area contributed by atoms with Crippen molar-refractivity contribution in [2.24, 2.45) is 0 Å². The fraction of sp³-hybridized carbons (Fsp3) is 0.167. The van der Waals surface area contributed by atoms with Gasteiger partial charge in [-0.15, -0.1) is 11.8 Å². The van der Waals surface area contributed by atoms with Gasteiger partial charge in [0.25, 0.3) is 0 Å². The average molecular weight is 295 g/mol. The quantitative estimate of drug-likeness (QED) is 0.621. The zero-order valence-corrected chi connectivity index (χ0v) is 12.9. The Morgan fingerprint density at radius 1 is 0.905 bits per heavy atom. The summed E-state index contributed by atoms with van der Waals surface area (Å²) in [6.45, 7) is 3.99. The lowest BCUT2D eigenvalue weighted by atomic mass is 10.0. The Balaban J connectivity index is 2.04. The molecule has 21 heavy (non-hydrogen) atoms. The molecule has 0 fully saturated rings. The minimum Gasteiger partial charge on any atom is -0.361 e. The maximum Gasteiger partial charge on any atom is 0.138 e. The predicted molar refractivity (Wildman–Crippen MR) is 86.6 cm³/mol. The first-order valence-electron chi connectivity index (χ1n) is 6.95. The second kappa shape index (κ2) is 6.19. The van der Waals surface area contributed by atoms with Gasteiger partial charge in [0.1, 0.15) is 5.76 Å². The van der Waals surface area contributed by atoms with Crippen molar-refractivity contribution >= 4 is 11.8 Å². The van der Waals surface area contributed by atoms with Crippen LogP contribution in [0.1, 0.15) is 27.8 Å². The van der Waals surface area contributed by atoms with Gasteiger partial charge in [-0.2, -0.15) is 0 Å². The first-order valence-corrected chi connectivity index (χ1v) is 7.83. The SMILES string of the molecule is Cc1noc(C)c1C(Sc1ccccc1)c1ccccc1. The summed E-state index contributed by atoms with van der Waals surface area (Å²) in [4.78, 5) is 1.24. The Labute approximate surface area is 129 Å². The lowest BCUT2D eigenvalue weighted by Crippen LogP contribution is -1.99. The normalized spacial score (nSPS) is 12.3. The molecule has 3 heteroatoms. The summed E-state index contributed by atoms with van der Waals surface area (Å²) in [5.74, 6) is 0.893. The molecule has 0 aliphatic rings. The molecular formula is C18H17NOS. The summed E-state index contributed by atoms with van der Waals surface area (Å²) < 4.78 is 5.37. The fourth-order valence-corrected chi connectivity index (χ4v) is 3.76. The highest BCUT2D eigenvalue weighted by atomic mass is 32.2. The van der Waals surface area contributed by atoms with Crippen LogP contribution in [0.2, 0.25) is 0 Å². The van der Waals surface area contributed by atoms with Crippen molar-refractivity contribution in [3.63, 3.8) is 0 Å². The average Bonchev–Trinajstić information content (AvgIpc) is 2.86. The number of hydrogen-bond acceptors (Lipinski definition) is 3. The van der Waals surface area contributed by atoms with Crippen LogP contribution in [0.5, 0.6) is 0 Å². The molecule has 1 aromatic heterocycles. The second-order valence-corrected chi connectivity index (χ2v) is 6.14. The van der Waals surface area contributed by atoms with E-state index in [9.17, 15) is 0 Å². The molecule has 1 heterocycles. The third kappa shape index (κ3) is 3.03. The Kier molecular flexibility index (Phi) is 4.11. The number of aryl methyl sites for hydroxylation is 2. The third-order valence-electron chi connectivity index (χ3n) is 3.45. The highest BCUT2D eigenvalue weighted by Gasteiger charge is 2.23. The van der Waals surface area contributed by atoms with Crippen LogP contribution >= 0.6 is 11.8 Å². The van der Waals surface area contributed by atoms with Crippen molar-refractivity contribution in [3.05, 3.63) is 83.2 Å². The first kappa shape index (κ1) is 14.0. The molecule has 0 radical (unpaired) electrons. The maximum absolute atomic E-state index is 5.37. The summed E-state index contributed by atoms with van der Waals surface area (Å²) in [7, 11) is 0. The van der Waals surface area contributed by atoms with Gasteiger partial charge in [-0.1, -0.05) is 53.7 Å². The molecule has 0 saturated carbocycles. The van der Waals surface area contributed by atoms with E-state index < -0.39 is 0 Å². The number of hydrogen-bond donors (Lipinski definition) is 0. The van der Waals surface area contributed by atoms with Crippen molar-refractivity contribution in [2.75, 3.05) is 0 Å². The van der Waals surface area contributed by atoms with Gasteiger partial charge < -0.3 is 4.52 Å². The highest BCUT2D eigenvalue weighted by molar-refractivity contribution is 7.99. The van der Waals surface area contributed by atoms with E-state index in [-0.39, 0.29) is 5.25 Å². The second-order valence-electron chi connectivity index (χ2n) is 4.96. The largest absolute Gasteiger partial charge is 0.361 e. The van der Waals surface area contributed by atoms with E-state index in [0.29, 0.717) is 0 Å². The molecule has 2 aromatic carbocycles. The Morgan fingerprint density at radius 2 is 1.52 bits per heavy atom. The fourth-order valence-electron chi connectivity index (χ4n) is 2.42. The number of benzene rings is 2. The minimum absolute atomic E-state index is 0.194. The van der Waals surface area contributed by atoms with E-state index in [1.165, 1.54) is 16.0 Å². The molecule has 0 amide bonds. The monoisotopic (exact) mass is 295 g/mol. The van der Waals surface area contributed by atoms with E-state index in [4.69, 9.17) is 4.52 Å². The first-order chi connectivity index (χ1) is 10.3. The molecule has 3 aromatic rings. The number of rotatable bonds is 4. The van der Waals surface area contributed by atoms with Gasteiger partial charge in [0.05, 0.1) is 10.9 Å². The summed E-state index contributed by atoms with van der Waals surface area (Å²) in [6, 6.07) is 21.0. The number of thioether (sulfide) groups is 1. The molecule has 0 aliphatic heterocycles. The van der Waals surface area contributed by atoms with E-state index in [1.807, 2.05) is 37.7 Å². The summed E-state index contributed by atoms with van der Waals surface area (Å²) in [5, 5.41) is 4.31.